The van der Waals surface area contributed by atoms with Crippen LogP contribution in [0.1, 0.15) is 42.4 Å². The number of para-hydroxylation sites is 2. The van der Waals surface area contributed by atoms with Crippen LogP contribution >= 0.6 is 0 Å². The molecule has 8 rings (SSSR count). The van der Waals surface area contributed by atoms with Crippen molar-refractivity contribution in [3.63, 3.8) is 0 Å². The molecule has 5 nitrogen and oxygen atoms in total. The largest absolute Gasteiger partial charge is 0.348 e. The van der Waals surface area contributed by atoms with Crippen LogP contribution in [0, 0.1) is 5.92 Å². The molecule has 152 valence electrons. The Morgan fingerprint density at radius 3 is 2.52 bits per heavy atom. The van der Waals surface area contributed by atoms with Gasteiger partial charge in [-0.3, -0.25) is 4.79 Å². The van der Waals surface area contributed by atoms with E-state index in [1.807, 2.05) is 0 Å². The van der Waals surface area contributed by atoms with Gasteiger partial charge >= 0.3 is 0 Å². The molecule has 1 fully saturated rings. The number of benzene rings is 3. The first kappa shape index (κ1) is 16.4. The second-order valence-electron chi connectivity index (χ2n) is 9.49. The van der Waals surface area contributed by atoms with Crippen molar-refractivity contribution in [3.05, 3.63) is 59.7 Å². The number of nitrogens with zero attached hydrogens (tertiary/aromatic N) is 2. The van der Waals surface area contributed by atoms with E-state index in [1.54, 1.807) is 0 Å². The summed E-state index contributed by atoms with van der Waals surface area (Å²) < 4.78 is 11.7. The third-order valence-corrected chi connectivity index (χ3v) is 8.09. The van der Waals surface area contributed by atoms with Gasteiger partial charge in [-0.05, 0) is 31.0 Å². The fourth-order valence-electron chi connectivity index (χ4n) is 6.63. The number of rotatable bonds is 0. The average molecular weight is 407 g/mol. The molecular weight excluding hydrogens is 386 g/mol. The lowest BCUT2D eigenvalue weighted by molar-refractivity contribution is -0.114. The van der Waals surface area contributed by atoms with Gasteiger partial charge in [0.25, 0.3) is 5.91 Å². The van der Waals surface area contributed by atoms with E-state index in [-0.39, 0.29) is 12.1 Å². The van der Waals surface area contributed by atoms with Crippen molar-refractivity contribution < 1.29 is 9.53 Å². The Balaban J connectivity index is 1.81. The zero-order valence-corrected chi connectivity index (χ0v) is 17.4. The molecule has 3 aromatic carbocycles. The highest BCUT2D eigenvalue weighted by Crippen LogP contribution is 2.55. The molecule has 1 amide bonds. The Morgan fingerprint density at radius 1 is 1.00 bits per heavy atom. The van der Waals surface area contributed by atoms with Gasteiger partial charge in [0.05, 0.1) is 27.6 Å². The molecule has 5 heteroatoms. The Hall–Kier alpha value is -3.31. The SMILES string of the molecule is CC1CC2OC1(C)n1c3ccccc3c3c4c(c5c6ccccc6n2c5c31)C(=O)NC4. The first-order valence-corrected chi connectivity index (χ1v) is 11.1. The van der Waals surface area contributed by atoms with E-state index < -0.39 is 5.72 Å². The van der Waals surface area contributed by atoms with Crippen LogP contribution in [0.15, 0.2) is 48.5 Å². The lowest BCUT2D eigenvalue weighted by Gasteiger charge is -2.31. The third kappa shape index (κ3) is 1.60. The van der Waals surface area contributed by atoms with Gasteiger partial charge in [-0.2, -0.15) is 0 Å². The summed E-state index contributed by atoms with van der Waals surface area (Å²) >= 11 is 0. The number of aromatic nitrogens is 2. The Labute approximate surface area is 178 Å². The third-order valence-electron chi connectivity index (χ3n) is 8.09. The normalized spacial score (nSPS) is 26.5. The maximum Gasteiger partial charge on any atom is 0.252 e. The van der Waals surface area contributed by atoms with E-state index in [4.69, 9.17) is 4.74 Å². The van der Waals surface area contributed by atoms with Crippen LogP contribution in [-0.4, -0.2) is 15.0 Å². The van der Waals surface area contributed by atoms with E-state index in [2.05, 4.69) is 76.8 Å². The fourth-order valence-corrected chi connectivity index (χ4v) is 6.63. The van der Waals surface area contributed by atoms with Crippen molar-refractivity contribution >= 4 is 49.5 Å². The topological polar surface area (TPSA) is 48.2 Å². The molecule has 0 saturated carbocycles. The fraction of sp³-hybridized carbons (Fsp3) is 0.269. The van der Waals surface area contributed by atoms with Gasteiger partial charge < -0.3 is 19.2 Å². The van der Waals surface area contributed by atoms with Crippen molar-refractivity contribution in [2.24, 2.45) is 5.92 Å². The predicted octanol–water partition coefficient (Wildman–Crippen LogP) is 5.39. The van der Waals surface area contributed by atoms with E-state index in [1.165, 1.54) is 21.8 Å². The van der Waals surface area contributed by atoms with Gasteiger partial charge in [0.2, 0.25) is 0 Å². The van der Waals surface area contributed by atoms with Crippen molar-refractivity contribution in [1.29, 1.82) is 0 Å². The van der Waals surface area contributed by atoms with Crippen LogP contribution in [0.2, 0.25) is 0 Å². The molecule has 3 atom stereocenters. The molecule has 1 N–H and O–H groups in total. The summed E-state index contributed by atoms with van der Waals surface area (Å²) in [4.78, 5) is 13.1. The zero-order valence-electron chi connectivity index (χ0n) is 17.4. The van der Waals surface area contributed by atoms with Gasteiger partial charge in [0.15, 0.2) is 0 Å². The molecular formula is C26H21N3O2. The summed E-state index contributed by atoms with van der Waals surface area (Å²) in [5.74, 6) is 0.389. The van der Waals surface area contributed by atoms with Crippen molar-refractivity contribution in [2.45, 2.75) is 38.8 Å². The molecule has 0 spiro atoms. The number of fused-ring (bicyclic) bond motifs is 13. The van der Waals surface area contributed by atoms with E-state index in [0.717, 1.165) is 39.4 Å². The van der Waals surface area contributed by atoms with E-state index >= 15 is 0 Å². The predicted molar refractivity (Wildman–Crippen MR) is 121 cm³/mol. The van der Waals surface area contributed by atoms with Gasteiger partial charge in [0.1, 0.15) is 12.0 Å². The quantitative estimate of drug-likeness (QED) is 0.374. The summed E-state index contributed by atoms with van der Waals surface area (Å²) in [7, 11) is 0. The molecule has 0 aliphatic carbocycles. The van der Waals surface area contributed by atoms with Crippen LogP contribution in [0.3, 0.4) is 0 Å². The second-order valence-corrected chi connectivity index (χ2v) is 9.49. The van der Waals surface area contributed by atoms with Crippen molar-refractivity contribution in [2.75, 3.05) is 0 Å². The minimum absolute atomic E-state index is 0.0338. The van der Waals surface area contributed by atoms with Crippen LogP contribution < -0.4 is 5.32 Å². The van der Waals surface area contributed by atoms with Crippen molar-refractivity contribution in [1.82, 2.24) is 14.5 Å². The minimum Gasteiger partial charge on any atom is -0.348 e. The molecule has 1 saturated heterocycles. The highest BCUT2D eigenvalue weighted by atomic mass is 16.5. The summed E-state index contributed by atoms with van der Waals surface area (Å²) in [5, 5.41) is 7.73. The Morgan fingerprint density at radius 2 is 1.71 bits per heavy atom. The average Bonchev–Trinajstić information content (AvgIpc) is 3.46. The van der Waals surface area contributed by atoms with E-state index in [9.17, 15) is 4.79 Å². The highest BCUT2D eigenvalue weighted by Gasteiger charge is 2.50. The Bertz CT molecular complexity index is 1660. The first-order valence-electron chi connectivity index (χ1n) is 11.1. The second kappa shape index (κ2) is 4.94. The zero-order chi connectivity index (χ0) is 20.6. The standard InChI is InChI=1S/C26H21N3O2/c1-13-11-19-28-17-9-5-3-7-14(17)21-22-16(12-27-25(22)30)20-15-8-4-6-10-18(15)29(24(20)23(21)28)26(13,2)31-19/h3-10,13,19H,11-12H2,1-2H3,(H,27,30). The maximum atomic E-state index is 13.1. The number of carbonyl (C=O) groups is 1. The summed E-state index contributed by atoms with van der Waals surface area (Å²) in [6.07, 6.45) is 0.896. The number of hydrogen-bond donors (Lipinski definition) is 1. The lowest BCUT2D eigenvalue weighted by atomic mass is 9.95. The lowest BCUT2D eigenvalue weighted by Crippen LogP contribution is -2.34. The number of amides is 1. The van der Waals surface area contributed by atoms with Crippen LogP contribution in [0.5, 0.6) is 0 Å². The summed E-state index contributed by atoms with van der Waals surface area (Å²) in [6, 6.07) is 17.1. The van der Waals surface area contributed by atoms with Gasteiger partial charge in [0, 0.05) is 34.0 Å². The first-order chi connectivity index (χ1) is 15.1. The molecule has 0 radical (unpaired) electrons. The molecule has 2 aromatic heterocycles. The Kier molecular flexibility index (Phi) is 2.61. The molecule has 3 unspecified atom stereocenters. The van der Waals surface area contributed by atoms with Crippen LogP contribution in [0.25, 0.3) is 43.6 Å². The molecule has 31 heavy (non-hydrogen) atoms. The van der Waals surface area contributed by atoms with E-state index in [0.29, 0.717) is 12.5 Å². The summed E-state index contributed by atoms with van der Waals surface area (Å²) in [6.45, 7) is 5.11. The monoisotopic (exact) mass is 407 g/mol. The smallest absolute Gasteiger partial charge is 0.252 e. The highest BCUT2D eigenvalue weighted by molar-refractivity contribution is 6.31. The number of nitrogens with one attached hydrogen (secondary N) is 1. The molecule has 3 aliphatic heterocycles. The maximum absolute atomic E-state index is 13.1. The molecule has 5 aromatic rings. The molecule has 3 aliphatic rings. The van der Waals surface area contributed by atoms with Crippen molar-refractivity contribution in [3.8, 4) is 0 Å². The van der Waals surface area contributed by atoms with Gasteiger partial charge in [-0.1, -0.05) is 43.3 Å². The number of ether oxygens (including phenoxy) is 1. The van der Waals surface area contributed by atoms with Crippen LogP contribution in [0.4, 0.5) is 0 Å². The van der Waals surface area contributed by atoms with Gasteiger partial charge in [-0.25, -0.2) is 0 Å². The number of carbonyl (C=O) groups excluding carboxylic acids is 1. The van der Waals surface area contributed by atoms with Crippen LogP contribution in [-0.2, 0) is 17.0 Å². The van der Waals surface area contributed by atoms with Gasteiger partial charge in [-0.15, -0.1) is 0 Å². The summed E-state index contributed by atoms with van der Waals surface area (Å²) in [5.41, 5.74) is 6.20. The number of hydrogen-bond acceptors (Lipinski definition) is 2. The molecule has 2 bridgehead atoms. The molecule has 5 heterocycles. The minimum atomic E-state index is -0.441.